The first-order valence-electron chi connectivity index (χ1n) is 8.33. The Morgan fingerprint density at radius 2 is 1.79 bits per heavy atom. The minimum Gasteiger partial charge on any atom is -0.493 e. The van der Waals surface area contributed by atoms with Crippen LogP contribution in [0.2, 0.25) is 5.02 Å². The maximum Gasteiger partial charge on any atom is 0.344 e. The summed E-state index contributed by atoms with van der Waals surface area (Å²) in [6, 6.07) is 9.77. The van der Waals surface area contributed by atoms with E-state index in [0.29, 0.717) is 22.0 Å². The van der Waals surface area contributed by atoms with Crippen LogP contribution in [-0.2, 0) is 14.3 Å². The molecule has 0 saturated carbocycles. The van der Waals surface area contributed by atoms with Crippen molar-refractivity contribution < 1.29 is 28.6 Å². The number of ether oxygens (including phenoxy) is 3. The summed E-state index contributed by atoms with van der Waals surface area (Å²) in [5.74, 6) is -0.790. The van der Waals surface area contributed by atoms with E-state index in [1.165, 1.54) is 26.2 Å². The zero-order valence-electron chi connectivity index (χ0n) is 15.7. The van der Waals surface area contributed by atoms with Gasteiger partial charge in [0.1, 0.15) is 0 Å². The standard InChI is InChI=1S/C20H20ClNO6/c1-12-4-6-16(15(21)8-12)22-19(24)10-28-20(25)11-27-17-7-5-14(13(2)23)9-18(17)26-3/h4-9H,10-11H2,1-3H3,(H,22,24). The molecule has 2 rings (SSSR count). The van der Waals surface area contributed by atoms with Crippen molar-refractivity contribution in [1.82, 2.24) is 0 Å². The van der Waals surface area contributed by atoms with Crippen molar-refractivity contribution in [3.63, 3.8) is 0 Å². The highest BCUT2D eigenvalue weighted by molar-refractivity contribution is 6.33. The van der Waals surface area contributed by atoms with Gasteiger partial charge in [-0.1, -0.05) is 17.7 Å². The van der Waals surface area contributed by atoms with Gasteiger partial charge in [-0.25, -0.2) is 4.79 Å². The summed E-state index contributed by atoms with van der Waals surface area (Å²) in [5.41, 5.74) is 1.84. The van der Waals surface area contributed by atoms with Crippen LogP contribution in [0.25, 0.3) is 0 Å². The molecule has 0 fully saturated rings. The van der Waals surface area contributed by atoms with Crippen molar-refractivity contribution in [3.8, 4) is 11.5 Å². The molecule has 0 aliphatic rings. The monoisotopic (exact) mass is 405 g/mol. The first-order chi connectivity index (χ1) is 13.3. The molecule has 0 aliphatic carbocycles. The van der Waals surface area contributed by atoms with E-state index >= 15 is 0 Å². The number of carbonyl (C=O) groups excluding carboxylic acids is 3. The zero-order chi connectivity index (χ0) is 20.7. The maximum absolute atomic E-state index is 11.9. The zero-order valence-corrected chi connectivity index (χ0v) is 16.5. The number of carbonyl (C=O) groups is 3. The highest BCUT2D eigenvalue weighted by Crippen LogP contribution is 2.28. The highest BCUT2D eigenvalue weighted by atomic mass is 35.5. The first-order valence-corrected chi connectivity index (χ1v) is 8.71. The van der Waals surface area contributed by atoms with Crippen molar-refractivity contribution in [3.05, 3.63) is 52.5 Å². The summed E-state index contributed by atoms with van der Waals surface area (Å²) in [6.07, 6.45) is 0. The molecule has 0 spiro atoms. The van der Waals surface area contributed by atoms with E-state index in [0.717, 1.165) is 5.56 Å². The number of esters is 1. The number of rotatable bonds is 8. The molecule has 0 unspecified atom stereocenters. The van der Waals surface area contributed by atoms with E-state index < -0.39 is 25.1 Å². The van der Waals surface area contributed by atoms with E-state index in [1.807, 2.05) is 6.92 Å². The normalized spacial score (nSPS) is 10.1. The van der Waals surface area contributed by atoms with Gasteiger partial charge >= 0.3 is 5.97 Å². The quantitative estimate of drug-likeness (QED) is 0.534. The van der Waals surface area contributed by atoms with Crippen LogP contribution in [0.5, 0.6) is 11.5 Å². The van der Waals surface area contributed by atoms with Crippen LogP contribution in [0.15, 0.2) is 36.4 Å². The second-order valence-electron chi connectivity index (χ2n) is 5.90. The molecular weight excluding hydrogens is 386 g/mol. The predicted molar refractivity (Wildman–Crippen MR) is 104 cm³/mol. The second-order valence-corrected chi connectivity index (χ2v) is 6.31. The van der Waals surface area contributed by atoms with E-state index in [-0.39, 0.29) is 11.5 Å². The number of hydrogen-bond acceptors (Lipinski definition) is 6. The van der Waals surface area contributed by atoms with Gasteiger partial charge in [0, 0.05) is 5.56 Å². The molecule has 8 heteroatoms. The molecule has 1 amide bonds. The number of benzene rings is 2. The molecule has 0 saturated heterocycles. The molecule has 0 radical (unpaired) electrons. The summed E-state index contributed by atoms with van der Waals surface area (Å²) >= 11 is 6.04. The summed E-state index contributed by atoms with van der Waals surface area (Å²) in [6.45, 7) is 2.41. The van der Waals surface area contributed by atoms with Gasteiger partial charge in [0.2, 0.25) is 0 Å². The first kappa shape index (κ1) is 21.2. The van der Waals surface area contributed by atoms with Gasteiger partial charge in [0.25, 0.3) is 5.91 Å². The topological polar surface area (TPSA) is 90.9 Å². The molecule has 0 heterocycles. The van der Waals surface area contributed by atoms with Gasteiger partial charge in [-0.15, -0.1) is 0 Å². The van der Waals surface area contributed by atoms with Gasteiger partial charge in [0.05, 0.1) is 17.8 Å². The van der Waals surface area contributed by atoms with Crippen molar-refractivity contribution in [2.75, 3.05) is 25.6 Å². The molecule has 2 aromatic rings. The molecule has 0 aromatic heterocycles. The van der Waals surface area contributed by atoms with Crippen LogP contribution in [0.3, 0.4) is 0 Å². The van der Waals surface area contributed by atoms with Gasteiger partial charge in [-0.3, -0.25) is 9.59 Å². The number of hydrogen-bond donors (Lipinski definition) is 1. The smallest absolute Gasteiger partial charge is 0.344 e. The van der Waals surface area contributed by atoms with Crippen LogP contribution in [0, 0.1) is 6.92 Å². The van der Waals surface area contributed by atoms with Crippen molar-refractivity contribution >= 4 is 34.9 Å². The molecule has 7 nitrogen and oxygen atoms in total. The minimum atomic E-state index is -0.733. The maximum atomic E-state index is 11.9. The lowest BCUT2D eigenvalue weighted by Gasteiger charge is -2.12. The Bertz CT molecular complexity index is 896. The lowest BCUT2D eigenvalue weighted by atomic mass is 10.1. The number of nitrogens with one attached hydrogen (secondary N) is 1. The fourth-order valence-electron chi connectivity index (χ4n) is 2.24. The average molecular weight is 406 g/mol. The Balaban J connectivity index is 1.84. The van der Waals surface area contributed by atoms with Crippen LogP contribution >= 0.6 is 11.6 Å². The van der Waals surface area contributed by atoms with Crippen molar-refractivity contribution in [1.29, 1.82) is 0 Å². The second kappa shape index (κ2) is 9.75. The third kappa shape index (κ3) is 5.99. The number of methoxy groups -OCH3 is 1. The number of Topliss-reactive ketones (excluding diaryl/α,β-unsaturated/α-hetero) is 1. The Morgan fingerprint density at radius 1 is 1.04 bits per heavy atom. The molecule has 0 aliphatic heterocycles. The number of ketones is 1. The Morgan fingerprint density at radius 3 is 2.43 bits per heavy atom. The minimum absolute atomic E-state index is 0.121. The lowest BCUT2D eigenvalue weighted by molar-refractivity contribution is -0.149. The summed E-state index contributed by atoms with van der Waals surface area (Å²) in [5, 5.41) is 2.95. The van der Waals surface area contributed by atoms with Gasteiger partial charge in [-0.05, 0) is 49.7 Å². The van der Waals surface area contributed by atoms with Crippen LogP contribution < -0.4 is 14.8 Å². The number of halogens is 1. The summed E-state index contributed by atoms with van der Waals surface area (Å²) in [4.78, 5) is 35.1. The van der Waals surface area contributed by atoms with Crippen molar-refractivity contribution in [2.24, 2.45) is 0 Å². The Kier molecular flexibility index (Phi) is 7.40. The molecule has 2 aromatic carbocycles. The third-order valence-electron chi connectivity index (χ3n) is 3.68. The number of amides is 1. The van der Waals surface area contributed by atoms with Crippen molar-refractivity contribution in [2.45, 2.75) is 13.8 Å². The fraction of sp³-hybridized carbons (Fsp3) is 0.250. The van der Waals surface area contributed by atoms with E-state index in [1.54, 1.807) is 24.3 Å². The molecule has 1 N–H and O–H groups in total. The van der Waals surface area contributed by atoms with Gasteiger partial charge < -0.3 is 19.5 Å². The molecule has 28 heavy (non-hydrogen) atoms. The largest absolute Gasteiger partial charge is 0.493 e. The van der Waals surface area contributed by atoms with E-state index in [9.17, 15) is 14.4 Å². The SMILES string of the molecule is COc1cc(C(C)=O)ccc1OCC(=O)OCC(=O)Nc1ccc(C)cc1Cl. The molecule has 0 atom stereocenters. The van der Waals surface area contributed by atoms with Gasteiger partial charge in [0.15, 0.2) is 30.5 Å². The predicted octanol–water partition coefficient (Wildman–Crippen LogP) is 3.42. The van der Waals surface area contributed by atoms with Gasteiger partial charge in [-0.2, -0.15) is 0 Å². The van der Waals surface area contributed by atoms with Crippen LogP contribution in [0.1, 0.15) is 22.8 Å². The fourth-order valence-corrected chi connectivity index (χ4v) is 2.52. The Labute approximate surface area is 167 Å². The van der Waals surface area contributed by atoms with Crippen LogP contribution in [-0.4, -0.2) is 38.0 Å². The highest BCUT2D eigenvalue weighted by Gasteiger charge is 2.13. The van der Waals surface area contributed by atoms with E-state index in [2.05, 4.69) is 5.32 Å². The Hall–Kier alpha value is -3.06. The molecule has 0 bridgehead atoms. The van der Waals surface area contributed by atoms with E-state index in [4.69, 9.17) is 25.8 Å². The third-order valence-corrected chi connectivity index (χ3v) is 3.99. The lowest BCUT2D eigenvalue weighted by Crippen LogP contribution is -2.23. The summed E-state index contributed by atoms with van der Waals surface area (Å²) in [7, 11) is 1.42. The number of aryl methyl sites for hydroxylation is 1. The summed E-state index contributed by atoms with van der Waals surface area (Å²) < 4.78 is 15.4. The van der Waals surface area contributed by atoms with Crippen LogP contribution in [0.4, 0.5) is 5.69 Å². The number of anilines is 1. The molecular formula is C20H20ClNO6. The molecule has 148 valence electrons. The average Bonchev–Trinajstić information content (AvgIpc) is 2.66.